The number of hydrogen-bond acceptors (Lipinski definition) is 6. The van der Waals surface area contributed by atoms with E-state index in [2.05, 4.69) is 62.1 Å². The molecular formula is C27H27N7O. The highest BCUT2D eigenvalue weighted by atomic mass is 16.2. The predicted molar refractivity (Wildman–Crippen MR) is 132 cm³/mol. The summed E-state index contributed by atoms with van der Waals surface area (Å²) in [6.07, 6.45) is 10.4. The van der Waals surface area contributed by atoms with Crippen LogP contribution in [-0.4, -0.2) is 32.4 Å². The van der Waals surface area contributed by atoms with Crippen LogP contribution in [0, 0.1) is 0 Å². The minimum Gasteiger partial charge on any atom is -0.362 e. The Morgan fingerprint density at radius 2 is 2.03 bits per heavy atom. The van der Waals surface area contributed by atoms with Gasteiger partial charge in [0, 0.05) is 41.2 Å². The van der Waals surface area contributed by atoms with Crippen LogP contribution in [0.25, 0.3) is 16.8 Å². The van der Waals surface area contributed by atoms with Gasteiger partial charge < -0.3 is 10.6 Å². The summed E-state index contributed by atoms with van der Waals surface area (Å²) < 4.78 is 1.82. The fourth-order valence-corrected chi connectivity index (χ4v) is 5.67. The van der Waals surface area contributed by atoms with E-state index in [1.165, 1.54) is 0 Å². The Bertz CT molecular complexity index is 1420. The van der Waals surface area contributed by atoms with E-state index in [1.807, 2.05) is 49.3 Å². The Balaban J connectivity index is 1.49. The lowest BCUT2D eigenvalue weighted by molar-refractivity contribution is -0.120. The average molecular weight is 466 g/mol. The summed E-state index contributed by atoms with van der Waals surface area (Å²) in [6.45, 7) is 6.23. The van der Waals surface area contributed by atoms with Gasteiger partial charge in [-0.2, -0.15) is 15.3 Å². The molecule has 0 radical (unpaired) electrons. The van der Waals surface area contributed by atoms with Crippen LogP contribution < -0.4 is 10.6 Å². The van der Waals surface area contributed by atoms with Gasteiger partial charge in [-0.05, 0) is 49.6 Å². The van der Waals surface area contributed by atoms with Crippen LogP contribution in [0.1, 0.15) is 39.2 Å². The highest BCUT2D eigenvalue weighted by Crippen LogP contribution is 2.51. The van der Waals surface area contributed by atoms with Gasteiger partial charge in [0.25, 0.3) is 5.91 Å². The van der Waals surface area contributed by atoms with Gasteiger partial charge in [0.2, 0.25) is 0 Å². The van der Waals surface area contributed by atoms with Crippen LogP contribution >= 0.6 is 0 Å². The van der Waals surface area contributed by atoms with Gasteiger partial charge in [-0.15, -0.1) is 0 Å². The Hall–Kier alpha value is -4.07. The number of nitrogens with one attached hydrogen (secondary N) is 2. The van der Waals surface area contributed by atoms with Crippen molar-refractivity contribution >= 4 is 5.91 Å². The molecule has 0 spiro atoms. The van der Waals surface area contributed by atoms with Gasteiger partial charge in [-0.3, -0.25) is 9.78 Å². The molecule has 2 atom stereocenters. The van der Waals surface area contributed by atoms with Crippen molar-refractivity contribution < 1.29 is 4.79 Å². The number of carbonyl (C=O) groups is 1. The van der Waals surface area contributed by atoms with Gasteiger partial charge in [0.15, 0.2) is 6.17 Å². The quantitative estimate of drug-likeness (QED) is 0.596. The molecule has 0 aliphatic carbocycles. The fourth-order valence-electron chi connectivity index (χ4n) is 5.67. The van der Waals surface area contributed by atoms with Gasteiger partial charge in [0.1, 0.15) is 0 Å². The third kappa shape index (κ3) is 3.31. The average Bonchev–Trinajstić information content (AvgIpc) is 3.53. The molecule has 35 heavy (non-hydrogen) atoms. The highest BCUT2D eigenvalue weighted by Gasteiger charge is 2.53. The number of rotatable bonds is 4. The molecule has 0 saturated heterocycles. The third-order valence-corrected chi connectivity index (χ3v) is 7.22. The number of hydrogen-bond donors (Lipinski definition) is 2. The van der Waals surface area contributed by atoms with Gasteiger partial charge in [0.05, 0.1) is 35.3 Å². The van der Waals surface area contributed by atoms with Gasteiger partial charge >= 0.3 is 0 Å². The largest absolute Gasteiger partial charge is 0.362 e. The zero-order valence-corrected chi connectivity index (χ0v) is 20.0. The molecule has 176 valence electrons. The minimum absolute atomic E-state index is 0.0355. The molecule has 3 aliphatic heterocycles. The number of pyridine rings is 1. The van der Waals surface area contributed by atoms with Crippen molar-refractivity contribution in [1.29, 1.82) is 0 Å². The molecule has 2 aromatic heterocycles. The van der Waals surface area contributed by atoms with E-state index < -0.39 is 5.41 Å². The second-order valence-corrected chi connectivity index (χ2v) is 9.96. The number of aromatic nitrogens is 3. The molecule has 2 N–H and O–H groups in total. The number of nitrogens with zero attached hydrogens (tertiary/aromatic N) is 5. The first-order valence-corrected chi connectivity index (χ1v) is 11.9. The van der Waals surface area contributed by atoms with Crippen LogP contribution in [-0.2, 0) is 10.2 Å². The first-order valence-electron chi connectivity index (χ1n) is 11.9. The number of amides is 1. The van der Waals surface area contributed by atoms with E-state index >= 15 is 0 Å². The maximum Gasteiger partial charge on any atom is 0.250 e. The van der Waals surface area contributed by atoms with E-state index in [4.69, 9.17) is 0 Å². The summed E-state index contributed by atoms with van der Waals surface area (Å²) in [5.74, 6) is -0.0355. The molecule has 3 aliphatic rings. The van der Waals surface area contributed by atoms with Crippen LogP contribution in [0.4, 0.5) is 0 Å². The summed E-state index contributed by atoms with van der Waals surface area (Å²) >= 11 is 0. The molecule has 3 aromatic rings. The lowest BCUT2D eigenvalue weighted by Crippen LogP contribution is -2.58. The Kier molecular flexibility index (Phi) is 4.74. The van der Waals surface area contributed by atoms with Crippen molar-refractivity contribution in [3.05, 3.63) is 89.8 Å². The van der Waals surface area contributed by atoms with Crippen molar-refractivity contribution in [2.24, 2.45) is 10.2 Å². The van der Waals surface area contributed by atoms with Crippen molar-refractivity contribution in [1.82, 2.24) is 25.4 Å². The Labute approximate surface area is 203 Å². The summed E-state index contributed by atoms with van der Waals surface area (Å²) in [5.41, 5.74) is 5.77. The maximum atomic E-state index is 13.6. The molecule has 0 fully saturated rings. The third-order valence-electron chi connectivity index (χ3n) is 7.22. The zero-order valence-electron chi connectivity index (χ0n) is 20.0. The van der Waals surface area contributed by atoms with E-state index in [0.717, 1.165) is 39.2 Å². The Morgan fingerprint density at radius 3 is 2.83 bits per heavy atom. The predicted octanol–water partition coefficient (Wildman–Crippen LogP) is 4.41. The van der Waals surface area contributed by atoms with Gasteiger partial charge in [-0.1, -0.05) is 25.1 Å². The van der Waals surface area contributed by atoms with Crippen LogP contribution in [0.5, 0.6) is 0 Å². The molecule has 0 saturated carbocycles. The van der Waals surface area contributed by atoms with E-state index in [0.29, 0.717) is 12.8 Å². The normalized spacial score (nSPS) is 24.4. The summed E-state index contributed by atoms with van der Waals surface area (Å²) in [5, 5.41) is 20.0. The molecule has 5 heterocycles. The second kappa shape index (κ2) is 7.73. The number of benzene rings is 1. The van der Waals surface area contributed by atoms with Gasteiger partial charge in [-0.25, -0.2) is 4.68 Å². The van der Waals surface area contributed by atoms with E-state index in [1.54, 1.807) is 12.4 Å². The molecule has 8 nitrogen and oxygen atoms in total. The highest BCUT2D eigenvalue weighted by molar-refractivity contribution is 6.00. The lowest BCUT2D eigenvalue weighted by atomic mass is 9.62. The Morgan fingerprint density at radius 1 is 1.14 bits per heavy atom. The fraction of sp³-hybridized carbons (Fsp3) is 0.296. The molecule has 1 aromatic carbocycles. The monoisotopic (exact) mass is 465 g/mol. The van der Waals surface area contributed by atoms with E-state index in [-0.39, 0.29) is 17.6 Å². The number of fused-ring (bicyclic) bond motifs is 1. The topological polar surface area (TPSA) is 96.6 Å². The van der Waals surface area contributed by atoms with Crippen LogP contribution in [0.3, 0.4) is 0 Å². The van der Waals surface area contributed by atoms with E-state index in [9.17, 15) is 4.79 Å². The molecular weight excluding hydrogens is 438 g/mol. The van der Waals surface area contributed by atoms with Crippen molar-refractivity contribution in [2.75, 3.05) is 0 Å². The lowest BCUT2D eigenvalue weighted by Gasteiger charge is -2.48. The maximum absolute atomic E-state index is 13.6. The summed E-state index contributed by atoms with van der Waals surface area (Å²) in [6, 6.07) is 12.3. The van der Waals surface area contributed by atoms with Crippen molar-refractivity contribution in [3.63, 3.8) is 0 Å². The van der Waals surface area contributed by atoms with Crippen molar-refractivity contribution in [2.45, 2.75) is 50.7 Å². The first-order chi connectivity index (χ1) is 16.9. The first kappa shape index (κ1) is 21.5. The molecule has 6 rings (SSSR count). The summed E-state index contributed by atoms with van der Waals surface area (Å²) in [7, 11) is 0. The SMILES string of the molecule is CC[C@]1(c2cccc(-c3cnn(-c4cccnc4)c3)c2)C2=CN=NC2NC2=C1C(=O)NC(C)(C)C2. The molecule has 1 unspecified atom stereocenters. The zero-order chi connectivity index (χ0) is 24.2. The van der Waals surface area contributed by atoms with Crippen LogP contribution in [0.2, 0.25) is 0 Å². The molecule has 0 bridgehead atoms. The van der Waals surface area contributed by atoms with Crippen molar-refractivity contribution in [3.8, 4) is 16.8 Å². The number of carbonyl (C=O) groups excluding carboxylic acids is 1. The molecule has 1 amide bonds. The summed E-state index contributed by atoms with van der Waals surface area (Å²) in [4.78, 5) is 17.8. The smallest absolute Gasteiger partial charge is 0.250 e. The number of azo groups is 1. The second-order valence-electron chi connectivity index (χ2n) is 9.96. The van der Waals surface area contributed by atoms with Crippen LogP contribution in [0.15, 0.2) is 94.5 Å². The molecule has 8 heteroatoms. The minimum atomic E-state index is -0.620. The standard InChI is InChI=1S/C27H27N7O/c1-4-27(21-15-29-33-24(21)31-22-12-26(2,3)32-25(35)23(22)27)19-8-5-7-17(11-19)18-13-30-34(16-18)20-9-6-10-28-14-20/h5-11,13-16,24,31H,4,12H2,1-3H3,(H,32,35)/t24?,27-/m0/s1.